The Kier molecular flexibility index (Phi) is 9.69. The number of methoxy groups -OCH3 is 1. The first-order valence-corrected chi connectivity index (χ1v) is 14.3. The van der Waals surface area contributed by atoms with E-state index < -0.39 is 5.97 Å². The number of thioether (sulfide) groups is 1. The molecule has 4 rings (SSSR count). The van der Waals surface area contributed by atoms with Gasteiger partial charge in [0.25, 0.3) is 0 Å². The van der Waals surface area contributed by atoms with Gasteiger partial charge in [0.1, 0.15) is 5.75 Å². The summed E-state index contributed by atoms with van der Waals surface area (Å²) in [4.78, 5) is 18.7. The van der Waals surface area contributed by atoms with E-state index in [0.717, 1.165) is 60.8 Å². The van der Waals surface area contributed by atoms with Crippen LogP contribution in [0.3, 0.4) is 0 Å². The molecule has 1 aliphatic heterocycles. The molecule has 2 aliphatic rings. The molecule has 0 spiro atoms. The Morgan fingerprint density at radius 2 is 2.09 bits per heavy atom. The fraction of sp³-hybridized carbons (Fsp3) is 0.643. The molecule has 1 saturated heterocycles. The number of benzene rings is 1. The predicted octanol–water partition coefficient (Wildman–Crippen LogP) is 5.37. The SMILES string of the molecule is CN[C@H](CC[C@@H]1CCN(CCSC2CCCC2)C[C@@H]1CC(=O)O)c1ccnc2ccc(OC)cc12. The maximum atomic E-state index is 11.7. The molecule has 3 atom stereocenters. The summed E-state index contributed by atoms with van der Waals surface area (Å²) in [5.74, 6) is 2.02. The molecule has 1 aromatic carbocycles. The van der Waals surface area contributed by atoms with Crippen LogP contribution in [0.15, 0.2) is 30.5 Å². The van der Waals surface area contributed by atoms with Crippen LogP contribution in [0.25, 0.3) is 10.9 Å². The van der Waals surface area contributed by atoms with Crippen LogP contribution >= 0.6 is 11.8 Å². The lowest BCUT2D eigenvalue weighted by molar-refractivity contribution is -0.139. The molecule has 1 aromatic heterocycles. The van der Waals surface area contributed by atoms with Crippen molar-refractivity contribution in [1.29, 1.82) is 0 Å². The Morgan fingerprint density at radius 1 is 1.26 bits per heavy atom. The van der Waals surface area contributed by atoms with Crippen LogP contribution in [0, 0.1) is 11.8 Å². The van der Waals surface area contributed by atoms with Gasteiger partial charge in [0.2, 0.25) is 0 Å². The van der Waals surface area contributed by atoms with Crippen molar-refractivity contribution in [3.63, 3.8) is 0 Å². The van der Waals surface area contributed by atoms with E-state index in [4.69, 9.17) is 4.74 Å². The zero-order valence-electron chi connectivity index (χ0n) is 21.2. The number of nitrogens with one attached hydrogen (secondary N) is 1. The molecule has 2 N–H and O–H groups in total. The van der Waals surface area contributed by atoms with Crippen LogP contribution in [0.2, 0.25) is 0 Å². The van der Waals surface area contributed by atoms with Crippen LogP contribution in [0.5, 0.6) is 5.75 Å². The summed E-state index contributed by atoms with van der Waals surface area (Å²) in [5.41, 5.74) is 2.20. The monoisotopic (exact) mass is 499 g/mol. The highest BCUT2D eigenvalue weighted by atomic mass is 32.2. The van der Waals surface area contributed by atoms with E-state index in [2.05, 4.69) is 39.1 Å². The minimum atomic E-state index is -0.667. The van der Waals surface area contributed by atoms with Gasteiger partial charge in [-0.2, -0.15) is 11.8 Å². The van der Waals surface area contributed by atoms with E-state index >= 15 is 0 Å². The zero-order chi connectivity index (χ0) is 24.6. The van der Waals surface area contributed by atoms with Crippen molar-refractivity contribution in [2.45, 2.75) is 62.7 Å². The molecular weight excluding hydrogens is 458 g/mol. The number of aromatic nitrogens is 1. The van der Waals surface area contributed by atoms with Gasteiger partial charge in [0.05, 0.1) is 12.6 Å². The maximum absolute atomic E-state index is 11.7. The predicted molar refractivity (Wildman–Crippen MR) is 144 cm³/mol. The van der Waals surface area contributed by atoms with Crippen LogP contribution in [-0.2, 0) is 4.79 Å². The number of carbonyl (C=O) groups is 1. The highest BCUT2D eigenvalue weighted by Crippen LogP contribution is 2.35. The molecule has 2 aromatic rings. The Bertz CT molecular complexity index is 966. The van der Waals surface area contributed by atoms with Gasteiger partial charge >= 0.3 is 5.97 Å². The molecule has 0 amide bonds. The summed E-state index contributed by atoms with van der Waals surface area (Å²) in [7, 11) is 3.70. The molecule has 1 saturated carbocycles. The number of likely N-dealkylation sites (tertiary alicyclic amines) is 1. The number of piperidine rings is 1. The molecule has 7 heteroatoms. The second kappa shape index (κ2) is 12.9. The van der Waals surface area contributed by atoms with Gasteiger partial charge < -0.3 is 20.1 Å². The minimum Gasteiger partial charge on any atom is -0.497 e. The van der Waals surface area contributed by atoms with Crippen LogP contribution in [0.4, 0.5) is 0 Å². The summed E-state index contributed by atoms with van der Waals surface area (Å²) in [5, 5.41) is 15.1. The van der Waals surface area contributed by atoms with Crippen molar-refractivity contribution in [2.75, 3.05) is 39.5 Å². The maximum Gasteiger partial charge on any atom is 0.303 e. The van der Waals surface area contributed by atoms with E-state index in [0.29, 0.717) is 5.92 Å². The number of hydrogen-bond donors (Lipinski definition) is 2. The van der Waals surface area contributed by atoms with E-state index in [1.165, 1.54) is 37.0 Å². The first kappa shape index (κ1) is 26.2. The van der Waals surface area contributed by atoms with Crippen molar-refractivity contribution in [3.05, 3.63) is 36.0 Å². The lowest BCUT2D eigenvalue weighted by atomic mass is 9.79. The molecule has 6 nitrogen and oxygen atoms in total. The minimum absolute atomic E-state index is 0.193. The summed E-state index contributed by atoms with van der Waals surface area (Å²) in [6.07, 6.45) is 10.8. The van der Waals surface area contributed by atoms with Gasteiger partial charge in [0, 0.05) is 48.1 Å². The molecule has 0 bridgehead atoms. The van der Waals surface area contributed by atoms with E-state index in [1.54, 1.807) is 7.11 Å². The fourth-order valence-electron chi connectivity index (χ4n) is 6.01. The summed E-state index contributed by atoms with van der Waals surface area (Å²) < 4.78 is 5.45. The lowest BCUT2D eigenvalue weighted by Crippen LogP contribution is -2.42. The molecule has 192 valence electrons. The van der Waals surface area contributed by atoms with Crippen molar-refractivity contribution < 1.29 is 14.6 Å². The number of hydrogen-bond acceptors (Lipinski definition) is 6. The van der Waals surface area contributed by atoms with E-state index in [-0.39, 0.29) is 18.4 Å². The number of pyridine rings is 1. The van der Waals surface area contributed by atoms with Gasteiger partial charge in [-0.05, 0) is 87.4 Å². The van der Waals surface area contributed by atoms with Crippen LogP contribution in [0.1, 0.15) is 63.0 Å². The van der Waals surface area contributed by atoms with E-state index in [9.17, 15) is 9.90 Å². The first-order valence-electron chi connectivity index (χ1n) is 13.2. The van der Waals surface area contributed by atoms with Crippen molar-refractivity contribution in [2.24, 2.45) is 11.8 Å². The first-order chi connectivity index (χ1) is 17.1. The highest BCUT2D eigenvalue weighted by molar-refractivity contribution is 7.99. The Morgan fingerprint density at radius 3 is 2.83 bits per heavy atom. The molecular formula is C28H41N3O3S. The second-order valence-corrected chi connectivity index (χ2v) is 11.6. The average molecular weight is 500 g/mol. The summed E-state index contributed by atoms with van der Waals surface area (Å²) in [6, 6.07) is 8.32. The lowest BCUT2D eigenvalue weighted by Gasteiger charge is -2.39. The Labute approximate surface area is 214 Å². The standard InChI is InChI=1S/C28H41N3O3S/c1-29-26(24-11-13-30-27-10-8-22(34-2)18-25(24)27)9-7-20-12-14-31(19-21(20)17-28(32)33)15-16-35-23-5-3-4-6-23/h8,10-11,13,18,20-21,23,26,29H,3-7,9,12,14-17,19H2,1-2H3,(H,32,33)/t20-,21+,26-/m1/s1. The topological polar surface area (TPSA) is 74.7 Å². The van der Waals surface area contributed by atoms with Gasteiger partial charge in [-0.15, -0.1) is 0 Å². The fourth-order valence-corrected chi connectivity index (χ4v) is 7.38. The Balaban J connectivity index is 1.37. The number of nitrogens with zero attached hydrogens (tertiary/aromatic N) is 2. The van der Waals surface area contributed by atoms with Gasteiger partial charge in [-0.3, -0.25) is 9.78 Å². The third kappa shape index (κ3) is 7.11. The highest BCUT2D eigenvalue weighted by Gasteiger charge is 2.31. The number of fused-ring (bicyclic) bond motifs is 1. The average Bonchev–Trinajstić information content (AvgIpc) is 3.38. The molecule has 0 unspecified atom stereocenters. The molecule has 0 radical (unpaired) electrons. The van der Waals surface area contributed by atoms with Crippen molar-refractivity contribution in [3.8, 4) is 5.75 Å². The van der Waals surface area contributed by atoms with Crippen LogP contribution in [-0.4, -0.2) is 65.8 Å². The zero-order valence-corrected chi connectivity index (χ0v) is 22.1. The number of ether oxygens (including phenoxy) is 1. The smallest absolute Gasteiger partial charge is 0.303 e. The molecule has 1 aliphatic carbocycles. The van der Waals surface area contributed by atoms with Crippen molar-refractivity contribution >= 4 is 28.6 Å². The molecule has 2 fully saturated rings. The Hall–Kier alpha value is -1.83. The van der Waals surface area contributed by atoms with Gasteiger partial charge in [0.15, 0.2) is 0 Å². The number of rotatable bonds is 12. The number of carboxylic acids is 1. The summed E-state index contributed by atoms with van der Waals surface area (Å²) in [6.45, 7) is 3.10. The molecule has 35 heavy (non-hydrogen) atoms. The second-order valence-electron chi connectivity index (χ2n) is 10.2. The quantitative estimate of drug-likeness (QED) is 0.406. The van der Waals surface area contributed by atoms with Crippen molar-refractivity contribution in [1.82, 2.24) is 15.2 Å². The van der Waals surface area contributed by atoms with Gasteiger partial charge in [-0.1, -0.05) is 12.8 Å². The molecule has 2 heterocycles. The number of aliphatic carboxylic acids is 1. The normalized spacial score (nSPS) is 22.5. The van der Waals surface area contributed by atoms with Crippen LogP contribution < -0.4 is 10.1 Å². The third-order valence-corrected chi connectivity index (χ3v) is 9.37. The third-order valence-electron chi connectivity index (χ3n) is 8.01. The van der Waals surface area contributed by atoms with E-state index in [1.807, 2.05) is 25.4 Å². The summed E-state index contributed by atoms with van der Waals surface area (Å²) >= 11 is 2.13. The van der Waals surface area contributed by atoms with Gasteiger partial charge in [-0.25, -0.2) is 0 Å². The largest absolute Gasteiger partial charge is 0.497 e. The number of carboxylic acid groups (broad SMARTS) is 1.